The summed E-state index contributed by atoms with van der Waals surface area (Å²) in [7, 11) is 1.69. The van der Waals surface area contributed by atoms with E-state index in [9.17, 15) is 4.79 Å². The van der Waals surface area contributed by atoms with Crippen LogP contribution in [0.15, 0.2) is 48.5 Å². The van der Waals surface area contributed by atoms with Crippen molar-refractivity contribution in [2.45, 2.75) is 25.8 Å². The van der Waals surface area contributed by atoms with E-state index < -0.39 is 0 Å². The lowest BCUT2D eigenvalue weighted by Crippen LogP contribution is -2.38. The van der Waals surface area contributed by atoms with Gasteiger partial charge in [-0.1, -0.05) is 30.3 Å². The molecule has 27 heavy (non-hydrogen) atoms. The van der Waals surface area contributed by atoms with E-state index in [2.05, 4.69) is 16.3 Å². The SMILES string of the molecule is COc1ccccc1C(CNC(=O)COc1cccc(C)c1)N1CCCC1. The molecule has 0 saturated carbocycles. The Morgan fingerprint density at radius 1 is 1.15 bits per heavy atom. The Morgan fingerprint density at radius 3 is 2.67 bits per heavy atom. The number of amides is 1. The summed E-state index contributed by atoms with van der Waals surface area (Å²) in [5.41, 5.74) is 2.22. The Labute approximate surface area is 161 Å². The third-order valence-corrected chi connectivity index (χ3v) is 4.93. The molecule has 0 aliphatic carbocycles. The van der Waals surface area contributed by atoms with Crippen molar-refractivity contribution in [3.8, 4) is 11.5 Å². The quantitative estimate of drug-likeness (QED) is 0.776. The minimum absolute atomic E-state index is 0.0160. The van der Waals surface area contributed by atoms with E-state index in [1.165, 1.54) is 12.8 Å². The standard InChI is InChI=1S/C22H28N2O3/c1-17-8-7-9-18(14-17)27-16-22(25)23-15-20(24-12-5-6-13-24)19-10-3-4-11-21(19)26-2/h3-4,7-11,14,20H,5-6,12-13,15-16H2,1-2H3,(H,23,25). The molecule has 1 heterocycles. The second-order valence-electron chi connectivity index (χ2n) is 6.91. The van der Waals surface area contributed by atoms with Crippen LogP contribution in [0.2, 0.25) is 0 Å². The van der Waals surface area contributed by atoms with Gasteiger partial charge < -0.3 is 14.8 Å². The first kappa shape index (κ1) is 19.2. The summed E-state index contributed by atoms with van der Waals surface area (Å²) in [6.07, 6.45) is 2.38. The van der Waals surface area contributed by atoms with E-state index in [0.717, 1.165) is 30.0 Å². The van der Waals surface area contributed by atoms with E-state index >= 15 is 0 Å². The average Bonchev–Trinajstić information content (AvgIpc) is 3.21. The van der Waals surface area contributed by atoms with Crippen molar-refractivity contribution in [1.82, 2.24) is 10.2 Å². The highest BCUT2D eigenvalue weighted by Gasteiger charge is 2.26. The van der Waals surface area contributed by atoms with Crippen molar-refractivity contribution >= 4 is 5.91 Å². The van der Waals surface area contributed by atoms with Crippen LogP contribution in [-0.2, 0) is 4.79 Å². The third-order valence-electron chi connectivity index (χ3n) is 4.93. The molecule has 2 aromatic carbocycles. The number of carbonyl (C=O) groups is 1. The minimum atomic E-state index is -0.115. The number of nitrogens with zero attached hydrogens (tertiary/aromatic N) is 1. The van der Waals surface area contributed by atoms with E-state index in [4.69, 9.17) is 9.47 Å². The largest absolute Gasteiger partial charge is 0.496 e. The van der Waals surface area contributed by atoms with Gasteiger partial charge >= 0.3 is 0 Å². The molecule has 0 spiro atoms. The van der Waals surface area contributed by atoms with Crippen molar-refractivity contribution < 1.29 is 14.3 Å². The van der Waals surface area contributed by atoms with E-state index in [1.54, 1.807) is 7.11 Å². The van der Waals surface area contributed by atoms with Gasteiger partial charge in [0, 0.05) is 12.1 Å². The van der Waals surface area contributed by atoms with Gasteiger partial charge in [0.25, 0.3) is 5.91 Å². The number of hydrogen-bond acceptors (Lipinski definition) is 4. The summed E-state index contributed by atoms with van der Waals surface area (Å²) in [6.45, 7) is 4.63. The number of methoxy groups -OCH3 is 1. The fourth-order valence-electron chi connectivity index (χ4n) is 3.55. The number of nitrogens with one attached hydrogen (secondary N) is 1. The summed E-state index contributed by atoms with van der Waals surface area (Å²) in [4.78, 5) is 14.7. The van der Waals surface area contributed by atoms with Crippen LogP contribution in [0.3, 0.4) is 0 Å². The number of likely N-dealkylation sites (tertiary alicyclic amines) is 1. The van der Waals surface area contributed by atoms with Crippen molar-refractivity contribution in [3.63, 3.8) is 0 Å². The lowest BCUT2D eigenvalue weighted by molar-refractivity contribution is -0.123. The third kappa shape index (κ3) is 5.23. The molecule has 1 unspecified atom stereocenters. The lowest BCUT2D eigenvalue weighted by atomic mass is 10.0. The lowest BCUT2D eigenvalue weighted by Gasteiger charge is -2.29. The number of benzene rings is 2. The Bertz CT molecular complexity index is 757. The highest BCUT2D eigenvalue weighted by atomic mass is 16.5. The highest BCUT2D eigenvalue weighted by molar-refractivity contribution is 5.77. The smallest absolute Gasteiger partial charge is 0.258 e. The summed E-state index contributed by atoms with van der Waals surface area (Å²) in [5.74, 6) is 1.46. The molecule has 5 heteroatoms. The number of rotatable bonds is 8. The normalized spacial score (nSPS) is 15.3. The van der Waals surface area contributed by atoms with Gasteiger partial charge in [0.15, 0.2) is 6.61 Å². The summed E-state index contributed by atoms with van der Waals surface area (Å²) >= 11 is 0. The van der Waals surface area contributed by atoms with Crippen LogP contribution in [0, 0.1) is 6.92 Å². The summed E-state index contributed by atoms with van der Waals surface area (Å²) in [5, 5.41) is 3.03. The molecule has 0 radical (unpaired) electrons. The van der Waals surface area contributed by atoms with Crippen molar-refractivity contribution in [2.24, 2.45) is 0 Å². The van der Waals surface area contributed by atoms with E-state index in [0.29, 0.717) is 12.3 Å². The Hall–Kier alpha value is -2.53. The molecule has 1 aliphatic rings. The van der Waals surface area contributed by atoms with Crippen molar-refractivity contribution in [1.29, 1.82) is 0 Å². The molecule has 1 aliphatic heterocycles. The molecule has 5 nitrogen and oxygen atoms in total. The summed E-state index contributed by atoms with van der Waals surface area (Å²) in [6, 6.07) is 15.9. The van der Waals surface area contributed by atoms with Gasteiger partial charge in [-0.2, -0.15) is 0 Å². The first-order valence-electron chi connectivity index (χ1n) is 9.50. The topological polar surface area (TPSA) is 50.8 Å². The van der Waals surface area contributed by atoms with Gasteiger partial charge in [0.1, 0.15) is 11.5 Å². The fraction of sp³-hybridized carbons (Fsp3) is 0.409. The number of carbonyl (C=O) groups excluding carboxylic acids is 1. The maximum absolute atomic E-state index is 12.3. The highest BCUT2D eigenvalue weighted by Crippen LogP contribution is 2.31. The molecule has 144 valence electrons. The summed E-state index contributed by atoms with van der Waals surface area (Å²) < 4.78 is 11.2. The molecular formula is C22H28N2O3. The molecule has 1 atom stereocenters. The predicted octanol–water partition coefficient (Wildman–Crippen LogP) is 3.34. The zero-order valence-electron chi connectivity index (χ0n) is 16.1. The monoisotopic (exact) mass is 368 g/mol. The van der Waals surface area contributed by atoms with Gasteiger partial charge in [0.2, 0.25) is 0 Å². The fourth-order valence-corrected chi connectivity index (χ4v) is 3.55. The number of ether oxygens (including phenoxy) is 2. The van der Waals surface area contributed by atoms with Crippen LogP contribution in [-0.4, -0.2) is 44.2 Å². The van der Waals surface area contributed by atoms with Crippen LogP contribution in [0.25, 0.3) is 0 Å². The van der Waals surface area contributed by atoms with Gasteiger partial charge in [-0.15, -0.1) is 0 Å². The molecule has 0 aromatic heterocycles. The molecule has 1 N–H and O–H groups in total. The molecule has 1 fully saturated rings. The average molecular weight is 368 g/mol. The van der Waals surface area contributed by atoms with Crippen LogP contribution in [0.4, 0.5) is 0 Å². The molecule has 0 bridgehead atoms. The zero-order chi connectivity index (χ0) is 19.1. The molecule has 1 saturated heterocycles. The molecule has 3 rings (SSSR count). The Morgan fingerprint density at radius 2 is 1.93 bits per heavy atom. The van der Waals surface area contributed by atoms with Crippen LogP contribution >= 0.6 is 0 Å². The maximum atomic E-state index is 12.3. The first-order chi connectivity index (χ1) is 13.2. The first-order valence-corrected chi connectivity index (χ1v) is 9.50. The van der Waals surface area contributed by atoms with Gasteiger partial charge in [-0.05, 0) is 56.6 Å². The minimum Gasteiger partial charge on any atom is -0.496 e. The van der Waals surface area contributed by atoms with Crippen molar-refractivity contribution in [3.05, 3.63) is 59.7 Å². The number of hydrogen-bond donors (Lipinski definition) is 1. The van der Waals surface area contributed by atoms with Crippen LogP contribution in [0.1, 0.15) is 30.0 Å². The van der Waals surface area contributed by atoms with Crippen LogP contribution < -0.4 is 14.8 Å². The van der Waals surface area contributed by atoms with E-state index in [-0.39, 0.29) is 18.6 Å². The molecule has 1 amide bonds. The van der Waals surface area contributed by atoms with Crippen molar-refractivity contribution in [2.75, 3.05) is 33.4 Å². The maximum Gasteiger partial charge on any atom is 0.258 e. The Balaban J connectivity index is 1.61. The predicted molar refractivity (Wildman–Crippen MR) is 106 cm³/mol. The van der Waals surface area contributed by atoms with Crippen LogP contribution in [0.5, 0.6) is 11.5 Å². The number of aryl methyl sites for hydroxylation is 1. The molecule has 2 aromatic rings. The van der Waals surface area contributed by atoms with Gasteiger partial charge in [-0.3, -0.25) is 9.69 Å². The second kappa shape index (κ2) is 9.42. The molecular weight excluding hydrogens is 340 g/mol. The second-order valence-corrected chi connectivity index (χ2v) is 6.91. The van der Waals surface area contributed by atoms with Gasteiger partial charge in [-0.25, -0.2) is 0 Å². The van der Waals surface area contributed by atoms with E-state index in [1.807, 2.05) is 49.4 Å². The number of para-hydroxylation sites is 1. The van der Waals surface area contributed by atoms with Gasteiger partial charge in [0.05, 0.1) is 13.2 Å². The zero-order valence-corrected chi connectivity index (χ0v) is 16.1. The Kier molecular flexibility index (Phi) is 6.71.